The van der Waals surface area contributed by atoms with E-state index >= 15 is 0 Å². The van der Waals surface area contributed by atoms with E-state index in [1.807, 2.05) is 38.1 Å². The van der Waals surface area contributed by atoms with Gasteiger partial charge in [-0.1, -0.05) is 48.2 Å². The SMILES string of the molecule is C=C1NC(=O)N(Cc2ccc(C)cc2)c2nc(CSC3Nc4cc(C(=O)O)ccc4O3)n(CC)c21. The first-order valence-corrected chi connectivity index (χ1v) is 12.2. The van der Waals surface area contributed by atoms with Gasteiger partial charge in [0.1, 0.15) is 17.3 Å². The number of aryl methyl sites for hydroxylation is 1. The van der Waals surface area contributed by atoms with Crippen molar-refractivity contribution in [2.45, 2.75) is 38.2 Å². The predicted octanol–water partition coefficient (Wildman–Crippen LogP) is 4.63. The van der Waals surface area contributed by atoms with E-state index in [4.69, 9.17) is 9.72 Å². The fraction of sp³-hybridized carbons (Fsp3) is 0.240. The first-order chi connectivity index (χ1) is 16.8. The van der Waals surface area contributed by atoms with Crippen molar-refractivity contribution in [3.05, 3.63) is 77.3 Å². The van der Waals surface area contributed by atoms with E-state index in [0.29, 0.717) is 41.8 Å². The number of nitrogens with zero attached hydrogens (tertiary/aromatic N) is 3. The molecule has 0 aliphatic carbocycles. The molecule has 35 heavy (non-hydrogen) atoms. The highest BCUT2D eigenvalue weighted by Gasteiger charge is 2.33. The first kappa shape index (κ1) is 22.9. The van der Waals surface area contributed by atoms with Gasteiger partial charge in [0.2, 0.25) is 5.56 Å². The van der Waals surface area contributed by atoms with Crippen LogP contribution in [0.5, 0.6) is 5.75 Å². The van der Waals surface area contributed by atoms with Gasteiger partial charge in [0, 0.05) is 6.54 Å². The number of nitrogens with one attached hydrogen (secondary N) is 2. The number of fused-ring (bicyclic) bond motifs is 2. The smallest absolute Gasteiger partial charge is 0.335 e. The molecule has 10 heteroatoms. The van der Waals surface area contributed by atoms with Crippen LogP contribution in [0.15, 0.2) is 49.0 Å². The molecule has 3 N–H and O–H groups in total. The minimum atomic E-state index is -0.986. The molecule has 2 aromatic carbocycles. The maximum Gasteiger partial charge on any atom is 0.335 e. The second kappa shape index (κ2) is 9.03. The van der Waals surface area contributed by atoms with Crippen LogP contribution in [0, 0.1) is 6.92 Å². The number of rotatable bonds is 7. The highest BCUT2D eigenvalue weighted by Crippen LogP contribution is 2.38. The third-order valence-corrected chi connectivity index (χ3v) is 6.89. The van der Waals surface area contributed by atoms with E-state index in [1.54, 1.807) is 17.0 Å². The standard InChI is InChI=1S/C25H25N5O4S/c1-4-29-20(13-35-25-27-18-11-17(23(31)32)9-10-19(18)34-25)28-22-21(29)15(3)26-24(33)30(22)12-16-7-5-14(2)6-8-16/h5-11,25,27H,3-4,12-13H2,1-2H3,(H,26,33)(H,31,32). The molecule has 3 aromatic rings. The fourth-order valence-corrected chi connectivity index (χ4v) is 5.08. The van der Waals surface area contributed by atoms with Crippen LogP contribution in [0.1, 0.15) is 39.9 Å². The van der Waals surface area contributed by atoms with E-state index in [9.17, 15) is 14.7 Å². The van der Waals surface area contributed by atoms with E-state index in [-0.39, 0.29) is 17.2 Å². The Morgan fingerprint density at radius 2 is 2.03 bits per heavy atom. The molecule has 1 atom stereocenters. The van der Waals surface area contributed by atoms with E-state index in [0.717, 1.165) is 22.6 Å². The lowest BCUT2D eigenvalue weighted by molar-refractivity contribution is 0.0697. The molecule has 0 saturated heterocycles. The summed E-state index contributed by atoms with van der Waals surface area (Å²) in [6.07, 6.45) is 0. The zero-order chi connectivity index (χ0) is 24.7. The van der Waals surface area contributed by atoms with Crippen LogP contribution in [-0.4, -0.2) is 32.2 Å². The number of thioether (sulfide) groups is 1. The Morgan fingerprint density at radius 3 is 2.74 bits per heavy atom. The molecule has 2 aliphatic heterocycles. The number of anilines is 2. The van der Waals surface area contributed by atoms with Gasteiger partial charge in [-0.05, 0) is 37.6 Å². The molecule has 0 saturated carbocycles. The number of aromatic nitrogens is 2. The number of carbonyl (C=O) groups excluding carboxylic acids is 1. The summed E-state index contributed by atoms with van der Waals surface area (Å²) in [6.45, 7) is 9.17. The third-order valence-electron chi connectivity index (χ3n) is 5.95. The van der Waals surface area contributed by atoms with Gasteiger partial charge in [0.15, 0.2) is 5.82 Å². The summed E-state index contributed by atoms with van der Waals surface area (Å²) in [7, 11) is 0. The molecule has 1 aromatic heterocycles. The second-order valence-electron chi connectivity index (χ2n) is 8.35. The number of hydrogen-bond donors (Lipinski definition) is 3. The molecule has 2 aliphatic rings. The van der Waals surface area contributed by atoms with Crippen molar-refractivity contribution in [1.29, 1.82) is 0 Å². The van der Waals surface area contributed by atoms with E-state index < -0.39 is 5.97 Å². The van der Waals surface area contributed by atoms with Gasteiger partial charge in [-0.2, -0.15) is 0 Å². The first-order valence-electron chi connectivity index (χ1n) is 11.2. The van der Waals surface area contributed by atoms with Gasteiger partial charge in [0.05, 0.1) is 29.2 Å². The number of imidazole rings is 1. The van der Waals surface area contributed by atoms with Crippen LogP contribution in [-0.2, 0) is 18.8 Å². The van der Waals surface area contributed by atoms with Crippen LogP contribution in [0.2, 0.25) is 0 Å². The fourth-order valence-electron chi connectivity index (χ4n) is 4.17. The Hall–Kier alpha value is -3.92. The Labute approximate surface area is 206 Å². The Bertz CT molecular complexity index is 1330. The van der Waals surface area contributed by atoms with Crippen molar-refractivity contribution in [3.8, 4) is 5.75 Å². The maximum absolute atomic E-state index is 12.8. The number of carboxylic acids is 1. The Morgan fingerprint density at radius 1 is 1.26 bits per heavy atom. The van der Waals surface area contributed by atoms with Crippen molar-refractivity contribution in [2.24, 2.45) is 0 Å². The highest BCUT2D eigenvalue weighted by molar-refractivity contribution is 7.99. The number of urea groups is 1. The summed E-state index contributed by atoms with van der Waals surface area (Å²) in [5.74, 6) is 1.52. The summed E-state index contributed by atoms with van der Waals surface area (Å²) in [5, 5.41) is 15.3. The normalized spacial score (nSPS) is 16.3. The molecule has 0 spiro atoms. The molecule has 180 valence electrons. The van der Waals surface area contributed by atoms with E-state index in [2.05, 4.69) is 21.8 Å². The summed E-state index contributed by atoms with van der Waals surface area (Å²) in [5.41, 5.74) is 3.94. The van der Waals surface area contributed by atoms with Gasteiger partial charge in [0.25, 0.3) is 0 Å². The minimum absolute atomic E-state index is 0.198. The predicted molar refractivity (Wildman–Crippen MR) is 136 cm³/mol. The lowest BCUT2D eigenvalue weighted by Crippen LogP contribution is -2.43. The van der Waals surface area contributed by atoms with Crippen molar-refractivity contribution in [1.82, 2.24) is 14.9 Å². The van der Waals surface area contributed by atoms with E-state index in [1.165, 1.54) is 17.8 Å². The van der Waals surface area contributed by atoms with Crippen molar-refractivity contribution >= 4 is 41.0 Å². The number of benzene rings is 2. The number of carbonyl (C=O) groups is 2. The molecule has 5 rings (SSSR count). The van der Waals surface area contributed by atoms with Crippen LogP contribution in [0.3, 0.4) is 0 Å². The Kier molecular flexibility index (Phi) is 5.89. The Balaban J connectivity index is 1.36. The molecular formula is C25H25N5O4S. The molecule has 1 unspecified atom stereocenters. The third kappa shape index (κ3) is 4.32. The quantitative estimate of drug-likeness (QED) is 0.442. The number of amides is 2. The average molecular weight is 492 g/mol. The van der Waals surface area contributed by atoms with Gasteiger partial charge < -0.3 is 25.0 Å². The average Bonchev–Trinajstić information content (AvgIpc) is 3.42. The van der Waals surface area contributed by atoms with Gasteiger partial charge in [-0.15, -0.1) is 0 Å². The number of hydrogen-bond acceptors (Lipinski definition) is 6. The zero-order valence-electron chi connectivity index (χ0n) is 19.4. The molecule has 2 amide bonds. The topological polar surface area (TPSA) is 109 Å². The molecule has 0 bridgehead atoms. The number of ether oxygens (including phenoxy) is 1. The lowest BCUT2D eigenvalue weighted by Gasteiger charge is -2.28. The van der Waals surface area contributed by atoms with Crippen LogP contribution < -0.4 is 20.3 Å². The highest BCUT2D eigenvalue weighted by atomic mass is 32.2. The second-order valence-corrected chi connectivity index (χ2v) is 9.40. The zero-order valence-corrected chi connectivity index (χ0v) is 20.2. The van der Waals surface area contributed by atoms with Gasteiger partial charge >= 0.3 is 12.0 Å². The summed E-state index contributed by atoms with van der Waals surface area (Å²) in [6, 6.07) is 12.5. The van der Waals surface area contributed by atoms with Crippen molar-refractivity contribution < 1.29 is 19.4 Å². The van der Waals surface area contributed by atoms with Crippen LogP contribution >= 0.6 is 11.8 Å². The molecule has 0 fully saturated rings. The van der Waals surface area contributed by atoms with Crippen molar-refractivity contribution in [3.63, 3.8) is 0 Å². The molecule has 3 heterocycles. The summed E-state index contributed by atoms with van der Waals surface area (Å²) >= 11 is 1.49. The van der Waals surface area contributed by atoms with Crippen molar-refractivity contribution in [2.75, 3.05) is 10.2 Å². The monoisotopic (exact) mass is 491 g/mol. The number of aromatic carboxylic acids is 1. The maximum atomic E-state index is 12.8. The molecule has 9 nitrogen and oxygen atoms in total. The van der Waals surface area contributed by atoms with Crippen LogP contribution in [0.25, 0.3) is 5.70 Å². The largest absolute Gasteiger partial charge is 0.478 e. The molecule has 0 radical (unpaired) electrons. The van der Waals surface area contributed by atoms with Gasteiger partial charge in [-0.25, -0.2) is 14.6 Å². The number of carboxylic acid groups (broad SMARTS) is 1. The minimum Gasteiger partial charge on any atom is -0.478 e. The molecular weight excluding hydrogens is 466 g/mol. The lowest BCUT2D eigenvalue weighted by atomic mass is 10.1. The van der Waals surface area contributed by atoms with Gasteiger partial charge in [-0.3, -0.25) is 4.90 Å². The summed E-state index contributed by atoms with van der Waals surface area (Å²) in [4.78, 5) is 30.6. The summed E-state index contributed by atoms with van der Waals surface area (Å²) < 4.78 is 7.97. The van der Waals surface area contributed by atoms with Crippen LogP contribution in [0.4, 0.5) is 16.3 Å².